The molecule has 1 heteroatoms. The van der Waals surface area contributed by atoms with Crippen LogP contribution < -0.4 is 4.90 Å². The summed E-state index contributed by atoms with van der Waals surface area (Å²) in [6.07, 6.45) is 5.33. The van der Waals surface area contributed by atoms with E-state index >= 15 is 0 Å². The Morgan fingerprint density at radius 1 is 0.774 bits per heavy atom. The molecule has 3 aromatic rings. The zero-order chi connectivity index (χ0) is 21.8. The van der Waals surface area contributed by atoms with Gasteiger partial charge in [-0.15, -0.1) is 0 Å². The van der Waals surface area contributed by atoms with Crippen molar-refractivity contribution in [2.24, 2.45) is 0 Å². The quantitative estimate of drug-likeness (QED) is 0.418. The third-order valence-electron chi connectivity index (χ3n) is 7.45. The van der Waals surface area contributed by atoms with Crippen LogP contribution in [0.25, 0.3) is 11.1 Å². The van der Waals surface area contributed by atoms with Crippen molar-refractivity contribution in [2.75, 3.05) is 4.90 Å². The topological polar surface area (TPSA) is 3.24 Å². The summed E-state index contributed by atoms with van der Waals surface area (Å²) in [5.74, 6) is 0.661. The predicted molar refractivity (Wildman–Crippen MR) is 134 cm³/mol. The van der Waals surface area contributed by atoms with Crippen LogP contribution >= 0.6 is 0 Å². The number of hydrogen-bond donors (Lipinski definition) is 0. The summed E-state index contributed by atoms with van der Waals surface area (Å²) < 4.78 is 0. The number of rotatable bonds is 3. The van der Waals surface area contributed by atoms with Gasteiger partial charge < -0.3 is 4.90 Å². The number of benzene rings is 3. The second-order valence-electron chi connectivity index (χ2n) is 11.0. The highest BCUT2D eigenvalue weighted by Crippen LogP contribution is 2.53. The van der Waals surface area contributed by atoms with E-state index in [-0.39, 0.29) is 11.0 Å². The number of nitrogens with zero attached hydrogens (tertiary/aromatic N) is 1. The van der Waals surface area contributed by atoms with E-state index in [0.717, 1.165) is 0 Å². The highest BCUT2D eigenvalue weighted by atomic mass is 15.2. The van der Waals surface area contributed by atoms with Crippen LogP contribution in [0.1, 0.15) is 82.9 Å². The first-order valence-corrected chi connectivity index (χ1v) is 11.9. The molecule has 2 aliphatic carbocycles. The summed E-state index contributed by atoms with van der Waals surface area (Å²) in [4.78, 5) is 2.58. The van der Waals surface area contributed by atoms with Gasteiger partial charge in [0.2, 0.25) is 0 Å². The molecule has 0 aliphatic heterocycles. The van der Waals surface area contributed by atoms with E-state index in [1.54, 1.807) is 5.56 Å². The lowest BCUT2D eigenvalue weighted by Crippen LogP contribution is -2.38. The molecule has 31 heavy (non-hydrogen) atoms. The van der Waals surface area contributed by atoms with Crippen LogP contribution in [0.4, 0.5) is 11.4 Å². The first-order chi connectivity index (χ1) is 14.8. The molecule has 5 rings (SSSR count). The van der Waals surface area contributed by atoms with Crippen LogP contribution in [0.3, 0.4) is 0 Å². The zero-order valence-electron chi connectivity index (χ0n) is 19.7. The SMILES string of the molecule is CC1(C)c2ccccc2-c2cc(N(c3ccccc3)C(C)(C)C)c(C3CCCC3)cc21. The van der Waals surface area contributed by atoms with Crippen molar-refractivity contribution in [3.63, 3.8) is 0 Å². The van der Waals surface area contributed by atoms with E-state index in [1.807, 2.05) is 0 Å². The first kappa shape index (κ1) is 20.4. The van der Waals surface area contributed by atoms with Crippen LogP contribution in [0.2, 0.25) is 0 Å². The molecule has 0 heterocycles. The Morgan fingerprint density at radius 3 is 2.10 bits per heavy atom. The van der Waals surface area contributed by atoms with Crippen molar-refractivity contribution in [1.29, 1.82) is 0 Å². The van der Waals surface area contributed by atoms with Gasteiger partial charge in [-0.05, 0) is 85.5 Å². The zero-order valence-corrected chi connectivity index (χ0v) is 19.7. The number of fused-ring (bicyclic) bond motifs is 3. The average Bonchev–Trinajstić information content (AvgIpc) is 3.34. The van der Waals surface area contributed by atoms with Gasteiger partial charge in [0.15, 0.2) is 0 Å². The molecule has 0 atom stereocenters. The van der Waals surface area contributed by atoms with Crippen LogP contribution in [0, 0.1) is 0 Å². The Bertz CT molecular complexity index is 1100. The summed E-state index contributed by atoms with van der Waals surface area (Å²) in [5, 5.41) is 0. The van der Waals surface area contributed by atoms with Crippen molar-refractivity contribution in [1.82, 2.24) is 0 Å². The Morgan fingerprint density at radius 2 is 1.42 bits per heavy atom. The first-order valence-electron chi connectivity index (χ1n) is 11.9. The van der Waals surface area contributed by atoms with Crippen molar-refractivity contribution in [3.8, 4) is 11.1 Å². The van der Waals surface area contributed by atoms with E-state index in [9.17, 15) is 0 Å². The lowest BCUT2D eigenvalue weighted by atomic mass is 9.80. The Labute approximate surface area is 188 Å². The van der Waals surface area contributed by atoms with Crippen molar-refractivity contribution < 1.29 is 0 Å². The number of hydrogen-bond acceptors (Lipinski definition) is 1. The molecule has 0 saturated heterocycles. The molecule has 0 unspecified atom stereocenters. The highest BCUT2D eigenvalue weighted by molar-refractivity contribution is 5.86. The fraction of sp³-hybridized carbons (Fsp3) is 0.400. The molecule has 0 N–H and O–H groups in total. The lowest BCUT2D eigenvalue weighted by Gasteiger charge is -2.40. The van der Waals surface area contributed by atoms with E-state index in [1.165, 1.54) is 59.3 Å². The van der Waals surface area contributed by atoms with Crippen molar-refractivity contribution in [2.45, 2.75) is 77.2 Å². The second kappa shape index (κ2) is 7.26. The van der Waals surface area contributed by atoms with Crippen LogP contribution in [0.15, 0.2) is 66.7 Å². The molecule has 0 bridgehead atoms. The number of anilines is 2. The molecule has 1 fully saturated rings. The normalized spacial score (nSPS) is 17.5. The third kappa shape index (κ3) is 3.30. The van der Waals surface area contributed by atoms with Crippen molar-refractivity contribution >= 4 is 11.4 Å². The molecular weight excluding hydrogens is 374 g/mol. The predicted octanol–water partition coefficient (Wildman–Crippen LogP) is 8.59. The van der Waals surface area contributed by atoms with Crippen molar-refractivity contribution in [3.05, 3.63) is 83.4 Å². The fourth-order valence-corrected chi connectivity index (χ4v) is 5.98. The van der Waals surface area contributed by atoms with Gasteiger partial charge in [-0.3, -0.25) is 0 Å². The van der Waals surface area contributed by atoms with Gasteiger partial charge in [-0.2, -0.15) is 0 Å². The molecule has 0 amide bonds. The summed E-state index contributed by atoms with van der Waals surface area (Å²) in [6.45, 7) is 11.8. The van der Waals surface area contributed by atoms with Gasteiger partial charge >= 0.3 is 0 Å². The van der Waals surface area contributed by atoms with E-state index < -0.39 is 0 Å². The van der Waals surface area contributed by atoms with Gasteiger partial charge in [0, 0.05) is 22.3 Å². The van der Waals surface area contributed by atoms with E-state index in [4.69, 9.17) is 0 Å². The standard InChI is InChI=1S/C30H35N/c1-29(2,3)31(22-15-7-6-8-16-22)28-20-25-23-17-11-12-18-26(23)30(4,5)27(25)19-24(28)21-13-9-10-14-21/h6-8,11-12,15-21H,9-10,13-14H2,1-5H3. The Hall–Kier alpha value is -2.54. The monoisotopic (exact) mass is 409 g/mol. The maximum absolute atomic E-state index is 2.59. The summed E-state index contributed by atoms with van der Waals surface area (Å²) in [7, 11) is 0. The molecule has 2 aliphatic rings. The summed E-state index contributed by atoms with van der Waals surface area (Å²) in [6, 6.07) is 25.1. The molecular formula is C30H35N. The smallest absolute Gasteiger partial charge is 0.0457 e. The third-order valence-corrected chi connectivity index (χ3v) is 7.45. The molecule has 0 aromatic heterocycles. The van der Waals surface area contributed by atoms with Gasteiger partial charge in [0.25, 0.3) is 0 Å². The van der Waals surface area contributed by atoms with Gasteiger partial charge in [-0.1, -0.05) is 75.2 Å². The average molecular weight is 410 g/mol. The van der Waals surface area contributed by atoms with Crippen LogP contribution in [-0.4, -0.2) is 5.54 Å². The van der Waals surface area contributed by atoms with Crippen LogP contribution in [-0.2, 0) is 5.41 Å². The lowest BCUT2D eigenvalue weighted by molar-refractivity contribution is 0.555. The summed E-state index contributed by atoms with van der Waals surface area (Å²) >= 11 is 0. The largest absolute Gasteiger partial charge is 0.336 e. The molecule has 0 spiro atoms. The Balaban J connectivity index is 1.79. The van der Waals surface area contributed by atoms with Crippen LogP contribution in [0.5, 0.6) is 0 Å². The maximum Gasteiger partial charge on any atom is 0.0457 e. The van der Waals surface area contributed by atoms with Gasteiger partial charge in [0.05, 0.1) is 0 Å². The molecule has 160 valence electrons. The van der Waals surface area contributed by atoms with Gasteiger partial charge in [0.1, 0.15) is 0 Å². The van der Waals surface area contributed by atoms with E-state index in [0.29, 0.717) is 5.92 Å². The fourth-order valence-electron chi connectivity index (χ4n) is 5.98. The molecule has 1 saturated carbocycles. The Kier molecular flexibility index (Phi) is 4.77. The number of para-hydroxylation sites is 1. The summed E-state index contributed by atoms with van der Waals surface area (Å²) in [5.41, 5.74) is 10.1. The minimum Gasteiger partial charge on any atom is -0.336 e. The minimum atomic E-state index is -0.0173. The van der Waals surface area contributed by atoms with Gasteiger partial charge in [-0.25, -0.2) is 0 Å². The molecule has 3 aromatic carbocycles. The maximum atomic E-state index is 2.59. The molecule has 0 radical (unpaired) electrons. The highest BCUT2D eigenvalue weighted by Gasteiger charge is 2.38. The molecule has 1 nitrogen and oxygen atoms in total. The second-order valence-corrected chi connectivity index (χ2v) is 11.0. The van der Waals surface area contributed by atoms with E-state index in [2.05, 4.69) is 106 Å². The minimum absolute atomic E-state index is 0.0173.